The van der Waals surface area contributed by atoms with Gasteiger partial charge in [-0.15, -0.1) is 0 Å². The molecule has 2 N–H and O–H groups in total. The summed E-state index contributed by atoms with van der Waals surface area (Å²) in [6.45, 7) is 1.29. The fourth-order valence-electron chi connectivity index (χ4n) is 2.21. The van der Waals surface area contributed by atoms with Gasteiger partial charge in [-0.1, -0.05) is 11.6 Å². The van der Waals surface area contributed by atoms with Crippen molar-refractivity contribution in [3.05, 3.63) is 56.5 Å². The maximum absolute atomic E-state index is 13.1. The highest BCUT2D eigenvalue weighted by Gasteiger charge is 2.22. The van der Waals surface area contributed by atoms with Gasteiger partial charge in [0.05, 0.1) is 5.02 Å². The molecule has 0 saturated heterocycles. The van der Waals surface area contributed by atoms with Gasteiger partial charge in [-0.2, -0.15) is 4.98 Å². The minimum Gasteiger partial charge on any atom is -0.486 e. The number of carboxylic acids is 1. The van der Waals surface area contributed by atoms with Crippen LogP contribution >= 0.6 is 11.6 Å². The van der Waals surface area contributed by atoms with E-state index >= 15 is 0 Å². The molecule has 2 aromatic heterocycles. The van der Waals surface area contributed by atoms with Crippen LogP contribution in [0.1, 0.15) is 21.9 Å². The molecular formula is C15H10ClFN2O5. The Labute approximate surface area is 138 Å². The van der Waals surface area contributed by atoms with Crippen molar-refractivity contribution >= 4 is 28.7 Å². The third-order valence-electron chi connectivity index (χ3n) is 3.27. The van der Waals surface area contributed by atoms with E-state index in [2.05, 4.69) is 9.97 Å². The van der Waals surface area contributed by atoms with E-state index in [9.17, 15) is 14.0 Å². The highest BCUT2D eigenvalue weighted by Crippen LogP contribution is 2.23. The fraction of sp³-hybridized carbons (Fsp3) is 0.133. The number of ether oxygens (including phenoxy) is 1. The zero-order valence-electron chi connectivity index (χ0n) is 12.2. The second-order valence-electron chi connectivity index (χ2n) is 4.90. The molecule has 9 heteroatoms. The number of furan rings is 1. The SMILES string of the molecule is Cc1oc2nc(COc3ccc(F)c(Cl)c3)[nH]c(=O)c2c1C(=O)O. The van der Waals surface area contributed by atoms with E-state index in [0.29, 0.717) is 0 Å². The lowest BCUT2D eigenvalue weighted by atomic mass is 10.2. The van der Waals surface area contributed by atoms with Crippen molar-refractivity contribution in [2.45, 2.75) is 13.5 Å². The summed E-state index contributed by atoms with van der Waals surface area (Å²) in [5.74, 6) is -1.36. The summed E-state index contributed by atoms with van der Waals surface area (Å²) in [4.78, 5) is 29.8. The van der Waals surface area contributed by atoms with Gasteiger partial charge in [-0.25, -0.2) is 9.18 Å². The van der Waals surface area contributed by atoms with E-state index in [0.717, 1.165) is 6.07 Å². The van der Waals surface area contributed by atoms with Crippen molar-refractivity contribution in [2.75, 3.05) is 0 Å². The van der Waals surface area contributed by atoms with E-state index in [4.69, 9.17) is 25.9 Å². The number of nitrogens with one attached hydrogen (secondary N) is 1. The minimum absolute atomic E-state index is 0.0823. The van der Waals surface area contributed by atoms with Crippen molar-refractivity contribution in [1.29, 1.82) is 0 Å². The molecule has 0 aliphatic heterocycles. The Morgan fingerprint density at radius 3 is 2.92 bits per heavy atom. The predicted octanol–water partition coefficient (Wildman–Crippen LogP) is 2.89. The molecule has 3 rings (SSSR count). The van der Waals surface area contributed by atoms with Crippen LogP contribution in [-0.2, 0) is 6.61 Å². The summed E-state index contributed by atoms with van der Waals surface area (Å²) in [5, 5.41) is 8.91. The van der Waals surface area contributed by atoms with Gasteiger partial charge in [0.25, 0.3) is 5.56 Å². The van der Waals surface area contributed by atoms with Crippen molar-refractivity contribution in [2.24, 2.45) is 0 Å². The van der Waals surface area contributed by atoms with Gasteiger partial charge < -0.3 is 19.2 Å². The lowest BCUT2D eigenvalue weighted by Crippen LogP contribution is -2.15. The Hall–Kier alpha value is -2.87. The number of aromatic carboxylic acids is 1. The fourth-order valence-corrected chi connectivity index (χ4v) is 2.38. The molecule has 0 bridgehead atoms. The first-order valence-corrected chi connectivity index (χ1v) is 7.08. The van der Waals surface area contributed by atoms with E-state index in [1.807, 2.05) is 0 Å². The number of aromatic nitrogens is 2. The van der Waals surface area contributed by atoms with E-state index in [-0.39, 0.29) is 45.6 Å². The molecule has 24 heavy (non-hydrogen) atoms. The molecule has 0 unspecified atom stereocenters. The Morgan fingerprint density at radius 1 is 1.50 bits per heavy atom. The summed E-state index contributed by atoms with van der Waals surface area (Å²) in [6.07, 6.45) is 0. The first kappa shape index (κ1) is 16.0. The second-order valence-corrected chi connectivity index (χ2v) is 5.30. The Kier molecular flexibility index (Phi) is 3.98. The number of hydrogen-bond donors (Lipinski definition) is 2. The maximum atomic E-state index is 13.1. The maximum Gasteiger partial charge on any atom is 0.340 e. The minimum atomic E-state index is -1.27. The molecule has 0 aliphatic carbocycles. The molecule has 0 amide bonds. The molecule has 0 spiro atoms. The van der Waals surface area contributed by atoms with E-state index in [1.54, 1.807) is 0 Å². The van der Waals surface area contributed by atoms with Crippen LogP contribution in [0.25, 0.3) is 11.1 Å². The average Bonchev–Trinajstić information content (AvgIpc) is 2.85. The number of nitrogens with zero attached hydrogens (tertiary/aromatic N) is 1. The van der Waals surface area contributed by atoms with Gasteiger partial charge in [-0.05, 0) is 19.1 Å². The van der Waals surface area contributed by atoms with E-state index < -0.39 is 17.3 Å². The average molecular weight is 353 g/mol. The van der Waals surface area contributed by atoms with Crippen LogP contribution in [0.5, 0.6) is 5.75 Å². The Bertz CT molecular complexity index is 1010. The number of fused-ring (bicyclic) bond motifs is 1. The Morgan fingerprint density at radius 2 is 2.25 bits per heavy atom. The summed E-state index contributed by atoms with van der Waals surface area (Å²) in [5.41, 5.74) is -0.967. The number of rotatable bonds is 4. The van der Waals surface area contributed by atoms with Crippen molar-refractivity contribution < 1.29 is 23.4 Å². The molecule has 0 aliphatic rings. The van der Waals surface area contributed by atoms with Gasteiger partial charge in [-0.3, -0.25) is 4.79 Å². The number of hydrogen-bond acceptors (Lipinski definition) is 5. The molecule has 7 nitrogen and oxygen atoms in total. The zero-order valence-corrected chi connectivity index (χ0v) is 13.0. The quantitative estimate of drug-likeness (QED) is 0.748. The smallest absolute Gasteiger partial charge is 0.340 e. The number of carboxylic acid groups (broad SMARTS) is 1. The second kappa shape index (κ2) is 5.97. The third kappa shape index (κ3) is 2.83. The molecule has 0 saturated carbocycles. The summed E-state index contributed by atoms with van der Waals surface area (Å²) >= 11 is 5.65. The van der Waals surface area contributed by atoms with Gasteiger partial charge >= 0.3 is 5.97 Å². The highest BCUT2D eigenvalue weighted by molar-refractivity contribution is 6.30. The van der Waals surface area contributed by atoms with Crippen LogP contribution in [0, 0.1) is 12.7 Å². The van der Waals surface area contributed by atoms with E-state index in [1.165, 1.54) is 19.1 Å². The summed E-state index contributed by atoms with van der Waals surface area (Å²) in [7, 11) is 0. The van der Waals surface area contributed by atoms with Gasteiger partial charge in [0, 0.05) is 6.07 Å². The number of carbonyl (C=O) groups is 1. The van der Waals surface area contributed by atoms with Crippen molar-refractivity contribution in [1.82, 2.24) is 9.97 Å². The van der Waals surface area contributed by atoms with Gasteiger partial charge in [0.1, 0.15) is 34.9 Å². The van der Waals surface area contributed by atoms with Crippen LogP contribution in [0.4, 0.5) is 4.39 Å². The molecule has 1 aromatic carbocycles. The topological polar surface area (TPSA) is 105 Å². The largest absolute Gasteiger partial charge is 0.486 e. The van der Waals surface area contributed by atoms with Crippen LogP contribution < -0.4 is 10.3 Å². The molecule has 2 heterocycles. The lowest BCUT2D eigenvalue weighted by molar-refractivity contribution is 0.0697. The highest BCUT2D eigenvalue weighted by atomic mass is 35.5. The van der Waals surface area contributed by atoms with Gasteiger partial charge in [0.2, 0.25) is 5.71 Å². The number of benzene rings is 1. The molecule has 3 aromatic rings. The monoisotopic (exact) mass is 352 g/mol. The summed E-state index contributed by atoms with van der Waals surface area (Å²) in [6, 6.07) is 3.80. The molecular weight excluding hydrogens is 343 g/mol. The third-order valence-corrected chi connectivity index (χ3v) is 3.56. The summed E-state index contributed by atoms with van der Waals surface area (Å²) < 4.78 is 23.7. The van der Waals surface area contributed by atoms with Crippen molar-refractivity contribution in [3.63, 3.8) is 0 Å². The van der Waals surface area contributed by atoms with Crippen LogP contribution in [0.2, 0.25) is 5.02 Å². The van der Waals surface area contributed by atoms with Crippen LogP contribution in [0.3, 0.4) is 0 Å². The van der Waals surface area contributed by atoms with Crippen LogP contribution in [0.15, 0.2) is 27.4 Å². The first-order valence-electron chi connectivity index (χ1n) is 6.70. The molecule has 0 radical (unpaired) electrons. The first-order chi connectivity index (χ1) is 11.4. The zero-order chi connectivity index (χ0) is 17.4. The predicted molar refractivity (Wildman–Crippen MR) is 82.1 cm³/mol. The number of aryl methyl sites for hydroxylation is 1. The lowest BCUT2D eigenvalue weighted by Gasteiger charge is -2.06. The van der Waals surface area contributed by atoms with Crippen LogP contribution in [-0.4, -0.2) is 21.0 Å². The number of halogens is 2. The Balaban J connectivity index is 1.92. The number of H-pyrrole nitrogens is 1. The molecule has 124 valence electrons. The standard InChI is InChI=1S/C15H10ClFN2O5/c1-6-11(15(21)22)12-13(20)18-10(19-14(12)24-6)5-23-7-2-3-9(17)8(16)4-7/h2-4H,5H2,1H3,(H,21,22)(H,18,19,20). The molecule has 0 fully saturated rings. The van der Waals surface area contributed by atoms with Gasteiger partial charge in [0.15, 0.2) is 5.82 Å². The normalized spacial score (nSPS) is 11.0. The number of aromatic amines is 1. The molecule has 0 atom stereocenters. The van der Waals surface area contributed by atoms with Crippen molar-refractivity contribution in [3.8, 4) is 5.75 Å².